The Morgan fingerprint density at radius 1 is 1.18 bits per heavy atom. The van der Waals surface area contributed by atoms with Crippen LogP contribution in [-0.4, -0.2) is 28.8 Å². The van der Waals surface area contributed by atoms with E-state index in [-0.39, 0.29) is 0 Å². The first-order valence-electron chi connectivity index (χ1n) is 7.51. The van der Waals surface area contributed by atoms with Gasteiger partial charge in [-0.05, 0) is 48.6 Å². The molecule has 1 aromatic carbocycles. The standard InChI is InChI=1S/C17H20ClNO2S/c18-15-4-2-1-3-14(15)16-6-5-13(21-16)11-19-12-17(20)7-9-22-10-8-17/h1-6,19-20H,7-12H2. The number of nitrogens with one attached hydrogen (secondary N) is 1. The van der Waals surface area contributed by atoms with Crippen molar-refractivity contribution in [3.63, 3.8) is 0 Å². The molecule has 0 bridgehead atoms. The molecule has 1 aliphatic heterocycles. The van der Waals surface area contributed by atoms with Crippen molar-refractivity contribution in [3.8, 4) is 11.3 Å². The summed E-state index contributed by atoms with van der Waals surface area (Å²) in [5.74, 6) is 3.70. The number of benzene rings is 1. The lowest BCUT2D eigenvalue weighted by Crippen LogP contribution is -2.43. The third-order valence-corrected chi connectivity index (χ3v) is 5.29. The summed E-state index contributed by atoms with van der Waals surface area (Å²) in [5.41, 5.74) is 0.335. The molecule has 5 heteroatoms. The number of aliphatic hydroxyl groups is 1. The van der Waals surface area contributed by atoms with E-state index in [1.54, 1.807) is 0 Å². The third-order valence-electron chi connectivity index (χ3n) is 3.98. The zero-order valence-electron chi connectivity index (χ0n) is 12.3. The van der Waals surface area contributed by atoms with Crippen LogP contribution in [0.25, 0.3) is 11.3 Å². The van der Waals surface area contributed by atoms with Crippen molar-refractivity contribution in [1.29, 1.82) is 0 Å². The molecule has 3 nitrogen and oxygen atoms in total. The Hall–Kier alpha value is -0.940. The molecule has 0 unspecified atom stereocenters. The SMILES string of the molecule is OC1(CNCc2ccc(-c3ccccc3Cl)o2)CCSCC1. The Bertz CT molecular complexity index is 623. The van der Waals surface area contributed by atoms with Crippen molar-refractivity contribution in [3.05, 3.63) is 47.2 Å². The number of hydrogen-bond acceptors (Lipinski definition) is 4. The summed E-state index contributed by atoms with van der Waals surface area (Å²) in [6, 6.07) is 11.5. The van der Waals surface area contributed by atoms with Gasteiger partial charge in [0.1, 0.15) is 11.5 Å². The molecule has 0 atom stereocenters. The second-order valence-electron chi connectivity index (χ2n) is 5.69. The molecule has 2 aromatic rings. The van der Waals surface area contributed by atoms with Crippen molar-refractivity contribution in [2.24, 2.45) is 0 Å². The number of halogens is 1. The number of thioether (sulfide) groups is 1. The van der Waals surface area contributed by atoms with Crippen LogP contribution in [0.2, 0.25) is 5.02 Å². The highest BCUT2D eigenvalue weighted by atomic mass is 35.5. The number of rotatable bonds is 5. The minimum atomic E-state index is -0.566. The molecule has 1 aliphatic rings. The molecule has 1 fully saturated rings. The lowest BCUT2D eigenvalue weighted by molar-refractivity contribution is 0.0316. The smallest absolute Gasteiger partial charge is 0.135 e. The van der Waals surface area contributed by atoms with E-state index in [2.05, 4.69) is 5.32 Å². The van der Waals surface area contributed by atoms with Gasteiger partial charge in [-0.1, -0.05) is 23.7 Å². The van der Waals surface area contributed by atoms with Gasteiger partial charge in [-0.25, -0.2) is 0 Å². The predicted octanol–water partition coefficient (Wildman–Crippen LogP) is 3.95. The first kappa shape index (κ1) is 15.9. The average molecular weight is 338 g/mol. The highest BCUT2D eigenvalue weighted by Gasteiger charge is 2.28. The molecule has 0 radical (unpaired) electrons. The zero-order valence-corrected chi connectivity index (χ0v) is 13.9. The molecule has 2 N–H and O–H groups in total. The molecule has 118 valence electrons. The maximum Gasteiger partial charge on any atom is 0.135 e. The van der Waals surface area contributed by atoms with Crippen molar-refractivity contribution in [2.75, 3.05) is 18.1 Å². The van der Waals surface area contributed by atoms with Crippen molar-refractivity contribution >= 4 is 23.4 Å². The highest BCUT2D eigenvalue weighted by molar-refractivity contribution is 7.99. The summed E-state index contributed by atoms with van der Waals surface area (Å²) in [5, 5.41) is 14.4. The number of furan rings is 1. The molecule has 1 aromatic heterocycles. The maximum atomic E-state index is 10.4. The van der Waals surface area contributed by atoms with Crippen LogP contribution >= 0.6 is 23.4 Å². The fourth-order valence-electron chi connectivity index (χ4n) is 2.63. The largest absolute Gasteiger partial charge is 0.460 e. The first-order chi connectivity index (χ1) is 10.7. The van der Waals surface area contributed by atoms with Gasteiger partial charge in [-0.2, -0.15) is 11.8 Å². The lowest BCUT2D eigenvalue weighted by atomic mass is 9.97. The minimum Gasteiger partial charge on any atom is -0.460 e. The van der Waals surface area contributed by atoms with Gasteiger partial charge in [0.05, 0.1) is 17.2 Å². The van der Waals surface area contributed by atoms with Crippen LogP contribution in [0.3, 0.4) is 0 Å². The molecule has 0 amide bonds. The molecule has 0 spiro atoms. The summed E-state index contributed by atoms with van der Waals surface area (Å²) in [4.78, 5) is 0. The fraction of sp³-hybridized carbons (Fsp3) is 0.412. The topological polar surface area (TPSA) is 45.4 Å². The summed E-state index contributed by atoms with van der Waals surface area (Å²) >= 11 is 8.09. The molecule has 0 aliphatic carbocycles. The van der Waals surface area contributed by atoms with Gasteiger partial charge in [0.15, 0.2) is 0 Å². The van der Waals surface area contributed by atoms with E-state index in [0.717, 1.165) is 41.4 Å². The van der Waals surface area contributed by atoms with Crippen molar-refractivity contribution in [1.82, 2.24) is 5.32 Å². The van der Waals surface area contributed by atoms with Crippen LogP contribution in [0.5, 0.6) is 0 Å². The van der Waals surface area contributed by atoms with Gasteiger partial charge in [0.2, 0.25) is 0 Å². The molecule has 1 saturated heterocycles. The van der Waals surface area contributed by atoms with E-state index in [1.807, 2.05) is 48.2 Å². The summed E-state index contributed by atoms with van der Waals surface area (Å²) in [7, 11) is 0. The van der Waals surface area contributed by atoms with E-state index < -0.39 is 5.60 Å². The van der Waals surface area contributed by atoms with Gasteiger partial charge in [0, 0.05) is 12.1 Å². The molecule has 2 heterocycles. The van der Waals surface area contributed by atoms with E-state index in [1.165, 1.54) is 0 Å². The molecule has 22 heavy (non-hydrogen) atoms. The molecule has 3 rings (SSSR count). The van der Waals surface area contributed by atoms with Gasteiger partial charge >= 0.3 is 0 Å². The van der Waals surface area contributed by atoms with Crippen LogP contribution in [0.15, 0.2) is 40.8 Å². The second kappa shape index (κ2) is 7.09. The van der Waals surface area contributed by atoms with Gasteiger partial charge in [-0.3, -0.25) is 0 Å². The van der Waals surface area contributed by atoms with Crippen LogP contribution in [0.4, 0.5) is 0 Å². The lowest BCUT2D eigenvalue weighted by Gasteiger charge is -2.31. The normalized spacial score (nSPS) is 17.5. The second-order valence-corrected chi connectivity index (χ2v) is 7.32. The van der Waals surface area contributed by atoms with Crippen molar-refractivity contribution < 1.29 is 9.52 Å². The van der Waals surface area contributed by atoms with Crippen LogP contribution in [0, 0.1) is 0 Å². The Kier molecular flexibility index (Phi) is 5.14. The van der Waals surface area contributed by atoms with E-state index >= 15 is 0 Å². The summed E-state index contributed by atoms with van der Waals surface area (Å²) in [6.07, 6.45) is 1.71. The summed E-state index contributed by atoms with van der Waals surface area (Å²) < 4.78 is 5.84. The Labute approximate surface area is 140 Å². The zero-order chi connectivity index (χ0) is 15.4. The van der Waals surface area contributed by atoms with Gasteiger partial charge in [-0.15, -0.1) is 0 Å². The Balaban J connectivity index is 1.57. The molecular formula is C17H20ClNO2S. The first-order valence-corrected chi connectivity index (χ1v) is 9.04. The Morgan fingerprint density at radius 2 is 1.95 bits per heavy atom. The van der Waals surface area contributed by atoms with E-state index in [0.29, 0.717) is 18.1 Å². The van der Waals surface area contributed by atoms with Crippen LogP contribution in [0.1, 0.15) is 18.6 Å². The van der Waals surface area contributed by atoms with Crippen LogP contribution in [-0.2, 0) is 6.54 Å². The molecule has 0 saturated carbocycles. The van der Waals surface area contributed by atoms with E-state index in [9.17, 15) is 5.11 Å². The van der Waals surface area contributed by atoms with Crippen molar-refractivity contribution in [2.45, 2.75) is 25.0 Å². The Morgan fingerprint density at radius 3 is 2.73 bits per heavy atom. The quantitative estimate of drug-likeness (QED) is 0.867. The van der Waals surface area contributed by atoms with E-state index in [4.69, 9.17) is 16.0 Å². The highest BCUT2D eigenvalue weighted by Crippen LogP contribution is 2.29. The van der Waals surface area contributed by atoms with Crippen LogP contribution < -0.4 is 5.32 Å². The maximum absolute atomic E-state index is 10.4. The average Bonchev–Trinajstić information content (AvgIpc) is 2.97. The minimum absolute atomic E-state index is 0.566. The van der Waals surface area contributed by atoms with Gasteiger partial charge in [0.25, 0.3) is 0 Å². The fourth-order valence-corrected chi connectivity index (χ4v) is 4.11. The monoisotopic (exact) mass is 337 g/mol. The number of hydrogen-bond donors (Lipinski definition) is 2. The predicted molar refractivity (Wildman–Crippen MR) is 92.4 cm³/mol. The molecular weight excluding hydrogens is 318 g/mol. The van der Waals surface area contributed by atoms with Gasteiger partial charge < -0.3 is 14.8 Å². The summed E-state index contributed by atoms with van der Waals surface area (Å²) in [6.45, 7) is 1.22. The third kappa shape index (κ3) is 3.87.